The first-order chi connectivity index (χ1) is 15.4. The van der Waals surface area contributed by atoms with Crippen LogP contribution in [0.15, 0.2) is 35.4 Å². The Balaban J connectivity index is 1.33. The number of halogens is 2. The van der Waals surface area contributed by atoms with Crippen molar-refractivity contribution in [1.82, 2.24) is 9.88 Å². The van der Waals surface area contributed by atoms with Crippen molar-refractivity contribution in [2.75, 3.05) is 24.2 Å². The second-order valence-electron chi connectivity index (χ2n) is 8.42. The first-order valence-electron chi connectivity index (χ1n) is 10.6. The summed E-state index contributed by atoms with van der Waals surface area (Å²) in [6, 6.07) is 7.13. The van der Waals surface area contributed by atoms with Crippen LogP contribution in [0.2, 0.25) is 0 Å². The van der Waals surface area contributed by atoms with Crippen LogP contribution in [-0.2, 0) is 9.53 Å². The highest BCUT2D eigenvalue weighted by molar-refractivity contribution is 7.98. The molecule has 0 N–H and O–H groups in total. The summed E-state index contributed by atoms with van der Waals surface area (Å²) < 4.78 is 33.8. The van der Waals surface area contributed by atoms with Gasteiger partial charge in [0.1, 0.15) is 29.7 Å². The van der Waals surface area contributed by atoms with Gasteiger partial charge in [-0.3, -0.25) is 4.79 Å². The first kappa shape index (κ1) is 21.2. The summed E-state index contributed by atoms with van der Waals surface area (Å²) in [5, 5.41) is 9.21. The van der Waals surface area contributed by atoms with E-state index in [-0.39, 0.29) is 18.2 Å². The molecule has 5 rings (SSSR count). The van der Waals surface area contributed by atoms with E-state index in [1.54, 1.807) is 11.1 Å². The molecule has 0 saturated carbocycles. The number of thioether (sulfide) groups is 1. The zero-order valence-corrected chi connectivity index (χ0v) is 18.4. The summed E-state index contributed by atoms with van der Waals surface area (Å²) in [6.07, 6.45) is 5.44. The largest absolute Gasteiger partial charge is 0.356 e. The van der Waals surface area contributed by atoms with Crippen LogP contribution in [0.4, 0.5) is 14.6 Å². The van der Waals surface area contributed by atoms with Gasteiger partial charge in [0.2, 0.25) is 0 Å². The fraction of sp³-hybridized carbons (Fsp3) is 0.435. The highest BCUT2D eigenvalue weighted by Crippen LogP contribution is 2.48. The smallest absolute Gasteiger partial charge is 0.257 e. The van der Waals surface area contributed by atoms with Crippen molar-refractivity contribution in [3.05, 3.63) is 53.2 Å². The Morgan fingerprint density at radius 2 is 1.91 bits per heavy atom. The minimum absolute atomic E-state index is 0.0908. The van der Waals surface area contributed by atoms with Gasteiger partial charge >= 0.3 is 0 Å². The highest BCUT2D eigenvalue weighted by atomic mass is 32.2. The summed E-state index contributed by atoms with van der Waals surface area (Å²) in [7, 11) is 0. The third-order valence-electron chi connectivity index (χ3n) is 6.68. The molecule has 32 heavy (non-hydrogen) atoms. The molecular weight excluding hydrogens is 434 g/mol. The van der Waals surface area contributed by atoms with Gasteiger partial charge in [0.25, 0.3) is 5.91 Å². The van der Waals surface area contributed by atoms with E-state index in [0.29, 0.717) is 49.9 Å². The number of nitrogens with zero attached hydrogens (tertiary/aromatic N) is 4. The van der Waals surface area contributed by atoms with Gasteiger partial charge < -0.3 is 14.5 Å². The Hall–Kier alpha value is -2.70. The second-order valence-corrected chi connectivity index (χ2v) is 9.26. The highest BCUT2D eigenvalue weighted by Gasteiger charge is 2.58. The van der Waals surface area contributed by atoms with E-state index < -0.39 is 17.2 Å². The van der Waals surface area contributed by atoms with Crippen molar-refractivity contribution in [3.8, 4) is 6.07 Å². The number of nitriles is 1. The van der Waals surface area contributed by atoms with Gasteiger partial charge in [-0.2, -0.15) is 5.26 Å². The summed E-state index contributed by atoms with van der Waals surface area (Å²) in [6.45, 7) is 1.19. The predicted molar refractivity (Wildman–Crippen MR) is 115 cm³/mol. The van der Waals surface area contributed by atoms with Crippen LogP contribution in [0.3, 0.4) is 0 Å². The molecule has 3 saturated heterocycles. The minimum atomic E-state index is -0.902. The molecule has 1 aromatic carbocycles. The monoisotopic (exact) mass is 456 g/mol. The van der Waals surface area contributed by atoms with E-state index in [1.807, 2.05) is 12.3 Å². The third-order valence-corrected chi connectivity index (χ3v) is 7.45. The normalized spacial score (nSPS) is 24.1. The number of hydrogen-bond donors (Lipinski definition) is 0. The van der Waals surface area contributed by atoms with Crippen molar-refractivity contribution in [3.63, 3.8) is 0 Å². The van der Waals surface area contributed by atoms with E-state index in [4.69, 9.17) is 4.74 Å². The van der Waals surface area contributed by atoms with E-state index >= 15 is 0 Å². The van der Waals surface area contributed by atoms with Gasteiger partial charge in [-0.25, -0.2) is 13.8 Å². The number of aromatic nitrogens is 1. The predicted octanol–water partition coefficient (Wildman–Crippen LogP) is 4.01. The van der Waals surface area contributed by atoms with Gasteiger partial charge in [-0.15, -0.1) is 11.8 Å². The zero-order valence-electron chi connectivity index (χ0n) is 17.6. The molecule has 9 heteroatoms. The Labute approximate surface area is 189 Å². The number of pyridine rings is 1. The first-order valence-corrected chi connectivity index (χ1v) is 11.8. The van der Waals surface area contributed by atoms with E-state index in [9.17, 15) is 18.8 Å². The lowest BCUT2D eigenvalue weighted by molar-refractivity contribution is -0.140. The maximum Gasteiger partial charge on any atom is 0.257 e. The molecule has 2 aromatic rings. The molecule has 4 heterocycles. The molecule has 3 aliphatic heterocycles. The molecule has 0 radical (unpaired) electrons. The molecule has 166 valence electrons. The number of benzene rings is 1. The molecule has 0 bridgehead atoms. The van der Waals surface area contributed by atoms with Gasteiger partial charge in [0, 0.05) is 43.1 Å². The van der Waals surface area contributed by atoms with Gasteiger partial charge in [-0.05, 0) is 42.9 Å². The van der Waals surface area contributed by atoms with Crippen molar-refractivity contribution in [2.24, 2.45) is 0 Å². The number of piperidine rings is 1. The molecule has 0 aliphatic carbocycles. The molecule has 3 aliphatic rings. The molecule has 1 aromatic heterocycles. The lowest BCUT2D eigenvalue weighted by Crippen LogP contribution is -2.50. The zero-order chi connectivity index (χ0) is 22.5. The number of rotatable bonds is 3. The second kappa shape index (κ2) is 8.01. The van der Waals surface area contributed by atoms with Crippen LogP contribution >= 0.6 is 11.8 Å². The summed E-state index contributed by atoms with van der Waals surface area (Å²) >= 11 is 1.50. The molecule has 3 fully saturated rings. The SMILES string of the molecule is CSc1cc(N2CCC3(CC2)O[C@@H]2CC[C@@H](c4cc(F)cc(F)c4)N2C3=O)ncc1C#N. The number of ether oxygens (including phenoxy) is 1. The number of anilines is 1. The number of amides is 1. The average Bonchev–Trinajstić information content (AvgIpc) is 3.31. The number of carbonyl (C=O) groups is 1. The lowest BCUT2D eigenvalue weighted by atomic mass is 9.89. The van der Waals surface area contributed by atoms with Crippen molar-refractivity contribution >= 4 is 23.5 Å². The summed E-state index contributed by atoms with van der Waals surface area (Å²) in [5.41, 5.74) is 0.119. The Morgan fingerprint density at radius 1 is 1.19 bits per heavy atom. The van der Waals surface area contributed by atoms with Crippen LogP contribution < -0.4 is 4.90 Å². The van der Waals surface area contributed by atoms with Crippen LogP contribution in [0.1, 0.15) is 42.9 Å². The van der Waals surface area contributed by atoms with E-state index in [1.165, 1.54) is 23.9 Å². The lowest BCUT2D eigenvalue weighted by Gasteiger charge is -2.38. The molecule has 1 spiro atoms. The average molecular weight is 457 g/mol. The van der Waals surface area contributed by atoms with Crippen molar-refractivity contribution in [2.45, 2.75) is 48.4 Å². The summed E-state index contributed by atoms with van der Waals surface area (Å²) in [4.78, 5) is 22.6. The molecular formula is C23H22F2N4O2S. The van der Waals surface area contributed by atoms with Gasteiger partial charge in [0.15, 0.2) is 5.60 Å². The third kappa shape index (κ3) is 3.42. The van der Waals surface area contributed by atoms with E-state index in [2.05, 4.69) is 16.0 Å². The van der Waals surface area contributed by atoms with Crippen molar-refractivity contribution in [1.29, 1.82) is 5.26 Å². The molecule has 0 unspecified atom stereocenters. The fourth-order valence-electron chi connectivity index (χ4n) is 5.09. The quantitative estimate of drug-likeness (QED) is 0.650. The van der Waals surface area contributed by atoms with E-state index in [0.717, 1.165) is 16.8 Å². The fourth-order valence-corrected chi connectivity index (χ4v) is 5.63. The maximum atomic E-state index is 13.8. The Kier molecular flexibility index (Phi) is 5.30. The standard InChI is InChI=1S/C23H22F2N4O2S/c1-32-19-11-20(27-13-15(19)12-26)28-6-4-23(5-7-28)22(30)29-18(2-3-21(29)31-23)14-8-16(24)10-17(25)9-14/h8-11,13,18,21H,2-7H2,1H3/t18-,21+/m0/s1. The minimum Gasteiger partial charge on any atom is -0.356 e. The van der Waals surface area contributed by atoms with Gasteiger partial charge in [0.05, 0.1) is 11.6 Å². The van der Waals surface area contributed by atoms with Crippen LogP contribution in [0.25, 0.3) is 0 Å². The summed E-state index contributed by atoms with van der Waals surface area (Å²) in [5.74, 6) is -0.591. The number of hydrogen-bond acceptors (Lipinski definition) is 6. The Morgan fingerprint density at radius 3 is 2.56 bits per heavy atom. The molecule has 1 amide bonds. The van der Waals surface area contributed by atoms with Crippen molar-refractivity contribution < 1.29 is 18.3 Å². The molecule has 2 atom stereocenters. The maximum absolute atomic E-state index is 13.8. The topological polar surface area (TPSA) is 69.5 Å². The molecule has 6 nitrogen and oxygen atoms in total. The number of carbonyl (C=O) groups excluding carboxylic acids is 1. The van der Waals surface area contributed by atoms with Crippen LogP contribution in [0.5, 0.6) is 0 Å². The Bertz CT molecular complexity index is 1090. The van der Waals surface area contributed by atoms with Crippen LogP contribution in [-0.4, -0.2) is 47.0 Å². The van der Waals surface area contributed by atoms with Crippen LogP contribution in [0, 0.1) is 23.0 Å². The number of fused-ring (bicyclic) bond motifs is 1. The van der Waals surface area contributed by atoms with Gasteiger partial charge in [-0.1, -0.05) is 0 Å².